The zero-order chi connectivity index (χ0) is 38.7. The van der Waals surface area contributed by atoms with Gasteiger partial charge in [0.15, 0.2) is 12.2 Å². The highest BCUT2D eigenvalue weighted by atomic mass is 16.7. The zero-order valence-corrected chi connectivity index (χ0v) is 28.8. The van der Waals surface area contributed by atoms with Gasteiger partial charge in [-0.3, -0.25) is 24.0 Å². The molecule has 5 rings (SSSR count). The van der Waals surface area contributed by atoms with E-state index in [4.69, 9.17) is 37.6 Å². The number of aliphatic hydroxyl groups is 4. The average molecular weight is 747 g/mol. The molecule has 1 aromatic heterocycles. The number of aliphatic hydroxyl groups excluding tert-OH is 4. The summed E-state index contributed by atoms with van der Waals surface area (Å²) in [5.41, 5.74) is -0.535. The number of hydrogen-bond donors (Lipinski definition) is 5. The molecule has 2 aliphatic heterocycles. The number of hydrogen-bond acceptors (Lipinski definition) is 18. The largest absolute Gasteiger partial charge is 0.507 e. The molecule has 10 atom stereocenters. The van der Waals surface area contributed by atoms with Gasteiger partial charge in [-0.1, -0.05) is 12.1 Å². The van der Waals surface area contributed by atoms with E-state index >= 15 is 0 Å². The number of fused-ring (bicyclic) bond motifs is 1. The fourth-order valence-electron chi connectivity index (χ4n) is 6.16. The number of benzene rings is 2. The van der Waals surface area contributed by atoms with E-state index in [1.807, 2.05) is 0 Å². The van der Waals surface area contributed by atoms with E-state index < -0.39 is 109 Å². The molecule has 53 heavy (non-hydrogen) atoms. The second-order valence-corrected chi connectivity index (χ2v) is 12.3. The summed E-state index contributed by atoms with van der Waals surface area (Å²) >= 11 is 0. The van der Waals surface area contributed by atoms with Gasteiger partial charge in [0.1, 0.15) is 66.6 Å². The Labute approximate surface area is 300 Å². The molecule has 2 aliphatic rings. The SMILES string of the molecule is CC(=O)OC[C@H]1O[C@H](Oc2ccc(-c3coc4c([C@H]5O[C@H](CO)[C@@H](O)[C@H](O)[C@H]5O)c(O)ccc4c3=O)cc2)[C@H](OC(C)=O)[C@@H](OC(C)=O)[C@@H]1OC(C)=O. The number of aromatic hydroxyl groups is 1. The fraction of sp³-hybridized carbons (Fsp3) is 0.457. The lowest BCUT2D eigenvalue weighted by atomic mass is 9.89. The van der Waals surface area contributed by atoms with Crippen molar-refractivity contribution in [2.24, 2.45) is 0 Å². The quantitative estimate of drug-likeness (QED) is 0.136. The van der Waals surface area contributed by atoms with Crippen molar-refractivity contribution in [3.8, 4) is 22.6 Å². The molecule has 286 valence electrons. The summed E-state index contributed by atoms with van der Waals surface area (Å²) in [7, 11) is 0. The third kappa shape index (κ3) is 8.43. The van der Waals surface area contributed by atoms with E-state index in [1.165, 1.54) is 36.4 Å². The molecule has 2 saturated heterocycles. The van der Waals surface area contributed by atoms with Crippen molar-refractivity contribution in [3.63, 3.8) is 0 Å². The normalized spacial score (nSPS) is 28.5. The first-order chi connectivity index (χ1) is 25.1. The van der Waals surface area contributed by atoms with Crippen LogP contribution >= 0.6 is 0 Å². The highest BCUT2D eigenvalue weighted by Gasteiger charge is 2.53. The van der Waals surface area contributed by atoms with Gasteiger partial charge in [-0.05, 0) is 29.8 Å². The molecule has 5 N–H and O–H groups in total. The molecule has 2 fully saturated rings. The molecule has 3 heterocycles. The maximum Gasteiger partial charge on any atom is 0.303 e. The minimum atomic E-state index is -1.76. The topological polar surface area (TPSA) is 264 Å². The summed E-state index contributed by atoms with van der Waals surface area (Å²) < 4.78 is 44.6. The number of ether oxygens (including phenoxy) is 7. The Morgan fingerprint density at radius 2 is 1.36 bits per heavy atom. The van der Waals surface area contributed by atoms with E-state index in [1.54, 1.807) is 0 Å². The molecule has 0 saturated carbocycles. The molecule has 0 radical (unpaired) electrons. The Hall–Kier alpha value is -5.11. The van der Waals surface area contributed by atoms with Crippen LogP contribution < -0.4 is 10.2 Å². The van der Waals surface area contributed by atoms with Gasteiger partial charge in [-0.25, -0.2) is 0 Å². The zero-order valence-electron chi connectivity index (χ0n) is 28.8. The second-order valence-electron chi connectivity index (χ2n) is 12.3. The summed E-state index contributed by atoms with van der Waals surface area (Å²) in [4.78, 5) is 61.6. The molecule has 3 aromatic rings. The molecule has 0 bridgehead atoms. The van der Waals surface area contributed by atoms with Crippen molar-refractivity contribution in [1.82, 2.24) is 0 Å². The van der Waals surface area contributed by atoms with Crippen LogP contribution in [0.5, 0.6) is 11.5 Å². The van der Waals surface area contributed by atoms with Crippen molar-refractivity contribution in [3.05, 3.63) is 58.4 Å². The highest BCUT2D eigenvalue weighted by Crippen LogP contribution is 2.41. The minimum absolute atomic E-state index is 0.0370. The van der Waals surface area contributed by atoms with Crippen LogP contribution in [0.15, 0.2) is 51.9 Å². The molecule has 0 aliphatic carbocycles. The lowest BCUT2D eigenvalue weighted by molar-refractivity contribution is -0.288. The van der Waals surface area contributed by atoms with E-state index in [0.717, 1.165) is 34.0 Å². The number of phenolic OH excluding ortho intramolecular Hbond substituents is 1. The van der Waals surface area contributed by atoms with Gasteiger partial charge >= 0.3 is 23.9 Å². The van der Waals surface area contributed by atoms with Gasteiger partial charge in [-0.2, -0.15) is 0 Å². The number of esters is 4. The number of rotatable bonds is 10. The smallest absolute Gasteiger partial charge is 0.303 e. The lowest BCUT2D eigenvalue weighted by Gasteiger charge is -2.43. The Balaban J connectivity index is 1.46. The predicted molar refractivity (Wildman–Crippen MR) is 175 cm³/mol. The summed E-state index contributed by atoms with van der Waals surface area (Å²) in [5, 5.41) is 51.4. The molecule has 2 aromatic carbocycles. The first-order valence-electron chi connectivity index (χ1n) is 16.3. The van der Waals surface area contributed by atoms with Crippen LogP contribution in [0, 0.1) is 0 Å². The number of phenols is 1. The molecular formula is C35H38O18. The number of carbonyl (C=O) groups excluding carboxylic acids is 4. The Morgan fingerprint density at radius 3 is 1.96 bits per heavy atom. The fourth-order valence-corrected chi connectivity index (χ4v) is 6.16. The second kappa shape index (κ2) is 16.3. The van der Waals surface area contributed by atoms with Gasteiger partial charge < -0.3 is 63.1 Å². The van der Waals surface area contributed by atoms with Crippen molar-refractivity contribution in [1.29, 1.82) is 0 Å². The molecule has 18 heteroatoms. The van der Waals surface area contributed by atoms with Crippen LogP contribution in [-0.2, 0) is 47.6 Å². The molecule has 0 spiro atoms. The van der Waals surface area contributed by atoms with Crippen LogP contribution in [0.1, 0.15) is 39.4 Å². The van der Waals surface area contributed by atoms with Crippen molar-refractivity contribution in [2.45, 2.75) is 88.9 Å². The Morgan fingerprint density at radius 1 is 0.736 bits per heavy atom. The van der Waals surface area contributed by atoms with Gasteiger partial charge in [0.25, 0.3) is 0 Å². The summed E-state index contributed by atoms with van der Waals surface area (Å²) in [5.74, 6) is -3.44. The van der Waals surface area contributed by atoms with Crippen molar-refractivity contribution in [2.75, 3.05) is 13.2 Å². The molecule has 0 amide bonds. The third-order valence-electron chi connectivity index (χ3n) is 8.50. The first kappa shape index (κ1) is 39.1. The minimum Gasteiger partial charge on any atom is -0.507 e. The van der Waals surface area contributed by atoms with E-state index in [2.05, 4.69) is 0 Å². The maximum absolute atomic E-state index is 13.7. The van der Waals surface area contributed by atoms with E-state index in [-0.39, 0.29) is 27.8 Å². The molecule has 0 unspecified atom stereocenters. The van der Waals surface area contributed by atoms with Crippen LogP contribution in [0.25, 0.3) is 22.1 Å². The summed E-state index contributed by atoms with van der Waals surface area (Å²) in [6, 6.07) is 8.29. The monoisotopic (exact) mass is 746 g/mol. The number of carbonyl (C=O) groups is 4. The first-order valence-corrected chi connectivity index (χ1v) is 16.3. The Bertz CT molecular complexity index is 1890. The van der Waals surface area contributed by atoms with Crippen molar-refractivity contribution < 1.29 is 82.3 Å². The van der Waals surface area contributed by atoms with Crippen molar-refractivity contribution >= 4 is 34.8 Å². The van der Waals surface area contributed by atoms with E-state index in [9.17, 15) is 49.5 Å². The van der Waals surface area contributed by atoms with Crippen LogP contribution in [0.2, 0.25) is 0 Å². The third-order valence-corrected chi connectivity index (χ3v) is 8.50. The van der Waals surface area contributed by atoms with Gasteiger partial charge in [0.2, 0.25) is 17.8 Å². The Kier molecular flexibility index (Phi) is 12.0. The lowest BCUT2D eigenvalue weighted by Crippen LogP contribution is -2.63. The van der Waals surface area contributed by atoms with Gasteiger partial charge in [0, 0.05) is 27.7 Å². The average Bonchev–Trinajstić information content (AvgIpc) is 3.09. The molecule has 18 nitrogen and oxygen atoms in total. The molecular weight excluding hydrogens is 708 g/mol. The van der Waals surface area contributed by atoms with Gasteiger partial charge in [-0.15, -0.1) is 0 Å². The summed E-state index contributed by atoms with van der Waals surface area (Å²) in [6.07, 6.45) is -13.9. The van der Waals surface area contributed by atoms with Crippen LogP contribution in [0.3, 0.4) is 0 Å². The summed E-state index contributed by atoms with van der Waals surface area (Å²) in [6.45, 7) is 3.24. The van der Waals surface area contributed by atoms with Gasteiger partial charge in [0.05, 0.1) is 23.1 Å². The maximum atomic E-state index is 13.7. The van der Waals surface area contributed by atoms with Crippen LogP contribution in [-0.4, -0.2) is 118 Å². The predicted octanol–water partition coefficient (Wildman–Crippen LogP) is 0.142. The highest BCUT2D eigenvalue weighted by molar-refractivity contribution is 5.86. The van der Waals surface area contributed by atoms with Crippen LogP contribution in [0.4, 0.5) is 0 Å². The standard InChI is InChI=1S/C35H38O18/c1-14(37)46-13-24-31(48-15(2)38)33(49-16(3)39)34(50-17(4)40)35(53-24)51-19-7-5-18(6-8-19)21-12-47-30-20(26(21)42)9-10-22(41)25(30)32-29(45)28(44)27(43)23(11-36)52-32/h5-10,12,23-24,27-29,31-36,41,43-45H,11,13H2,1-4H3/t23-,24-,27-,28+,29-,31-,32-,33+,34-,35+/m1/s1. The van der Waals surface area contributed by atoms with E-state index in [0.29, 0.717) is 5.56 Å².